The van der Waals surface area contributed by atoms with Crippen LogP contribution in [0.25, 0.3) is 10.9 Å². The number of nitrogens with zero attached hydrogens (tertiary/aromatic N) is 2. The van der Waals surface area contributed by atoms with E-state index < -0.39 is 11.6 Å². The second-order valence-electron chi connectivity index (χ2n) is 4.71. The van der Waals surface area contributed by atoms with Gasteiger partial charge in [0.1, 0.15) is 23.8 Å². The third kappa shape index (κ3) is 2.47. The van der Waals surface area contributed by atoms with Gasteiger partial charge in [0.15, 0.2) is 0 Å². The highest BCUT2D eigenvalue weighted by Gasteiger charge is 2.10. The van der Waals surface area contributed by atoms with Crippen LogP contribution in [0.1, 0.15) is 5.56 Å². The number of halogens is 2. The van der Waals surface area contributed by atoms with Crippen LogP contribution in [0.2, 0.25) is 0 Å². The second-order valence-corrected chi connectivity index (χ2v) is 4.71. The highest BCUT2D eigenvalue weighted by atomic mass is 19.1. The zero-order chi connectivity index (χ0) is 15.0. The van der Waals surface area contributed by atoms with Gasteiger partial charge < -0.3 is 11.1 Å². The largest absolute Gasteiger partial charge is 0.399 e. The highest BCUT2D eigenvalue weighted by molar-refractivity contribution is 5.92. The SMILES string of the molecule is Cc1cc(F)c(Nc2ncnc3cc(N)ccc23)cc1F. The average molecular weight is 286 g/mol. The van der Waals surface area contributed by atoms with Crippen molar-refractivity contribution in [1.82, 2.24) is 9.97 Å². The predicted molar refractivity (Wildman–Crippen MR) is 78.3 cm³/mol. The van der Waals surface area contributed by atoms with Gasteiger partial charge in [-0.15, -0.1) is 0 Å². The maximum Gasteiger partial charge on any atom is 0.147 e. The molecule has 0 aliphatic rings. The molecule has 0 aliphatic heterocycles. The summed E-state index contributed by atoms with van der Waals surface area (Å²) in [6, 6.07) is 7.36. The fourth-order valence-corrected chi connectivity index (χ4v) is 2.04. The molecule has 0 bridgehead atoms. The van der Waals surface area contributed by atoms with Crippen molar-refractivity contribution in [1.29, 1.82) is 0 Å². The lowest BCUT2D eigenvalue weighted by atomic mass is 10.2. The van der Waals surface area contributed by atoms with Gasteiger partial charge in [-0.25, -0.2) is 18.7 Å². The van der Waals surface area contributed by atoms with Gasteiger partial charge in [-0.3, -0.25) is 0 Å². The fraction of sp³-hybridized carbons (Fsp3) is 0.0667. The quantitative estimate of drug-likeness (QED) is 0.707. The van der Waals surface area contributed by atoms with Crippen LogP contribution in [0.15, 0.2) is 36.7 Å². The minimum absolute atomic E-state index is 0.0231. The molecule has 0 amide bonds. The molecule has 0 aliphatic carbocycles. The third-order valence-electron chi connectivity index (χ3n) is 3.16. The highest BCUT2D eigenvalue weighted by Crippen LogP contribution is 2.27. The zero-order valence-corrected chi connectivity index (χ0v) is 11.2. The Hall–Kier alpha value is -2.76. The Bertz CT molecular complexity index is 833. The number of hydrogen-bond donors (Lipinski definition) is 2. The zero-order valence-electron chi connectivity index (χ0n) is 11.2. The summed E-state index contributed by atoms with van der Waals surface area (Å²) in [6.07, 6.45) is 1.34. The van der Waals surface area contributed by atoms with E-state index >= 15 is 0 Å². The molecule has 1 heterocycles. The lowest BCUT2D eigenvalue weighted by Crippen LogP contribution is -2.00. The van der Waals surface area contributed by atoms with E-state index in [1.54, 1.807) is 18.2 Å². The number of anilines is 3. The van der Waals surface area contributed by atoms with Crippen molar-refractivity contribution < 1.29 is 8.78 Å². The Morgan fingerprint density at radius 2 is 1.86 bits per heavy atom. The predicted octanol–water partition coefficient (Wildman–Crippen LogP) is 3.54. The van der Waals surface area contributed by atoms with Crippen molar-refractivity contribution in [2.45, 2.75) is 6.92 Å². The first-order valence-corrected chi connectivity index (χ1v) is 6.27. The Morgan fingerprint density at radius 3 is 2.67 bits per heavy atom. The summed E-state index contributed by atoms with van der Waals surface area (Å²) in [4.78, 5) is 8.17. The van der Waals surface area contributed by atoms with Crippen LogP contribution in [-0.4, -0.2) is 9.97 Å². The van der Waals surface area contributed by atoms with Crippen molar-refractivity contribution in [2.75, 3.05) is 11.1 Å². The summed E-state index contributed by atoms with van der Waals surface area (Å²) in [5, 5.41) is 3.47. The van der Waals surface area contributed by atoms with Gasteiger partial charge in [-0.1, -0.05) is 0 Å². The molecule has 3 N–H and O–H groups in total. The summed E-state index contributed by atoms with van der Waals surface area (Å²) in [5.74, 6) is -0.639. The van der Waals surface area contributed by atoms with E-state index in [9.17, 15) is 8.78 Å². The summed E-state index contributed by atoms with van der Waals surface area (Å²) in [5.41, 5.74) is 7.16. The van der Waals surface area contributed by atoms with Crippen molar-refractivity contribution in [2.24, 2.45) is 0 Å². The average Bonchev–Trinajstić information content (AvgIpc) is 2.44. The number of nitrogens with two attached hydrogens (primary N) is 1. The van der Waals surface area contributed by atoms with Gasteiger partial charge in [-0.05, 0) is 36.8 Å². The molecule has 1 aromatic heterocycles. The first kappa shape index (κ1) is 13.2. The minimum atomic E-state index is -0.545. The number of fused-ring (bicyclic) bond motifs is 1. The van der Waals surface area contributed by atoms with Crippen LogP contribution in [-0.2, 0) is 0 Å². The number of benzene rings is 2. The topological polar surface area (TPSA) is 63.8 Å². The first-order valence-electron chi connectivity index (χ1n) is 6.27. The molecule has 3 rings (SSSR count). The summed E-state index contributed by atoms with van der Waals surface area (Å²) < 4.78 is 27.5. The van der Waals surface area contributed by atoms with Crippen LogP contribution in [0.4, 0.5) is 26.0 Å². The molecule has 21 heavy (non-hydrogen) atoms. The van der Waals surface area contributed by atoms with E-state index in [1.165, 1.54) is 13.3 Å². The molecule has 4 nitrogen and oxygen atoms in total. The normalized spacial score (nSPS) is 10.8. The number of aryl methyl sites for hydroxylation is 1. The maximum atomic E-state index is 13.9. The Labute approximate surface area is 119 Å². The van der Waals surface area contributed by atoms with Crippen LogP contribution in [0, 0.1) is 18.6 Å². The van der Waals surface area contributed by atoms with Gasteiger partial charge in [0, 0.05) is 17.1 Å². The third-order valence-corrected chi connectivity index (χ3v) is 3.16. The Morgan fingerprint density at radius 1 is 1.05 bits per heavy atom. The maximum absolute atomic E-state index is 13.9. The van der Waals surface area contributed by atoms with E-state index in [2.05, 4.69) is 15.3 Å². The number of rotatable bonds is 2. The van der Waals surface area contributed by atoms with Crippen LogP contribution < -0.4 is 11.1 Å². The number of hydrogen-bond acceptors (Lipinski definition) is 4. The lowest BCUT2D eigenvalue weighted by Gasteiger charge is -2.10. The number of nitrogens with one attached hydrogen (secondary N) is 1. The molecule has 3 aromatic rings. The van der Waals surface area contributed by atoms with E-state index in [0.717, 1.165) is 12.1 Å². The number of aromatic nitrogens is 2. The Balaban J connectivity index is 2.08. The van der Waals surface area contributed by atoms with Crippen LogP contribution in [0.3, 0.4) is 0 Å². The first-order chi connectivity index (χ1) is 10.0. The summed E-state index contributed by atoms with van der Waals surface area (Å²) in [6.45, 7) is 1.51. The van der Waals surface area contributed by atoms with Crippen molar-refractivity contribution in [3.63, 3.8) is 0 Å². The van der Waals surface area contributed by atoms with Crippen LogP contribution in [0.5, 0.6) is 0 Å². The van der Waals surface area contributed by atoms with Crippen molar-refractivity contribution in [3.05, 3.63) is 53.9 Å². The minimum Gasteiger partial charge on any atom is -0.399 e. The van der Waals surface area contributed by atoms with E-state index in [0.29, 0.717) is 22.4 Å². The van der Waals surface area contributed by atoms with E-state index in [-0.39, 0.29) is 11.3 Å². The molecule has 0 fully saturated rings. The summed E-state index contributed by atoms with van der Waals surface area (Å²) >= 11 is 0. The molecular weight excluding hydrogens is 274 g/mol. The molecular formula is C15H12F2N4. The molecule has 0 saturated heterocycles. The second kappa shape index (κ2) is 4.97. The molecule has 0 spiro atoms. The van der Waals surface area contributed by atoms with Crippen molar-refractivity contribution in [3.8, 4) is 0 Å². The molecule has 0 saturated carbocycles. The molecule has 6 heteroatoms. The molecule has 106 valence electrons. The molecule has 0 radical (unpaired) electrons. The standard InChI is InChI=1S/C15H12F2N4/c1-8-4-12(17)14(6-11(8)16)21-15-10-3-2-9(18)5-13(10)19-7-20-15/h2-7H,18H2,1H3,(H,19,20,21). The monoisotopic (exact) mass is 286 g/mol. The smallest absolute Gasteiger partial charge is 0.147 e. The van der Waals surface area contributed by atoms with Gasteiger partial charge in [0.05, 0.1) is 11.2 Å². The fourth-order valence-electron chi connectivity index (χ4n) is 2.04. The Kier molecular flexibility index (Phi) is 3.13. The van der Waals surface area contributed by atoms with Crippen molar-refractivity contribution >= 4 is 28.1 Å². The molecule has 0 atom stereocenters. The molecule has 2 aromatic carbocycles. The van der Waals surface area contributed by atoms with E-state index in [4.69, 9.17) is 5.73 Å². The lowest BCUT2D eigenvalue weighted by molar-refractivity contribution is 0.595. The van der Waals surface area contributed by atoms with E-state index in [1.807, 2.05) is 0 Å². The van der Waals surface area contributed by atoms with Crippen LogP contribution >= 0.6 is 0 Å². The van der Waals surface area contributed by atoms with Gasteiger partial charge in [-0.2, -0.15) is 0 Å². The summed E-state index contributed by atoms with van der Waals surface area (Å²) in [7, 11) is 0. The molecule has 0 unspecified atom stereocenters. The van der Waals surface area contributed by atoms with Gasteiger partial charge in [0.25, 0.3) is 0 Å². The van der Waals surface area contributed by atoms with Gasteiger partial charge >= 0.3 is 0 Å². The van der Waals surface area contributed by atoms with Gasteiger partial charge in [0.2, 0.25) is 0 Å². The number of nitrogen functional groups attached to an aromatic ring is 1.